The van der Waals surface area contributed by atoms with E-state index in [4.69, 9.17) is 0 Å². The van der Waals surface area contributed by atoms with Crippen LogP contribution < -0.4 is 5.32 Å². The van der Waals surface area contributed by atoms with Crippen LogP contribution in [-0.2, 0) is 20.4 Å². The summed E-state index contributed by atoms with van der Waals surface area (Å²) in [7, 11) is 1.17. The molecule has 0 spiro atoms. The van der Waals surface area contributed by atoms with Gasteiger partial charge in [0.15, 0.2) is 6.61 Å². The molecule has 0 aliphatic rings. The van der Waals surface area contributed by atoms with Crippen LogP contribution in [0.15, 0.2) is 35.7 Å². The van der Waals surface area contributed by atoms with E-state index in [0.29, 0.717) is 0 Å². The molecule has 6 nitrogen and oxygen atoms in total. The molecule has 26 heavy (non-hydrogen) atoms. The molecule has 0 bridgehead atoms. The van der Waals surface area contributed by atoms with Crippen LogP contribution in [0.5, 0.6) is 0 Å². The van der Waals surface area contributed by atoms with Crippen LogP contribution in [0, 0.1) is 0 Å². The Hall–Kier alpha value is -2.88. The van der Waals surface area contributed by atoms with Crippen LogP contribution in [0.1, 0.15) is 25.6 Å². The van der Waals surface area contributed by atoms with Gasteiger partial charge in [0.1, 0.15) is 4.88 Å². The molecule has 1 aromatic heterocycles. The highest BCUT2D eigenvalue weighted by molar-refractivity contribution is 7.12. The number of benzene rings is 1. The summed E-state index contributed by atoms with van der Waals surface area (Å²) in [6, 6.07) is 5.52. The van der Waals surface area contributed by atoms with Gasteiger partial charge in [-0.2, -0.15) is 13.2 Å². The number of ether oxygens (including phenoxy) is 2. The zero-order chi connectivity index (χ0) is 19.3. The Bertz CT molecular complexity index is 831. The summed E-state index contributed by atoms with van der Waals surface area (Å²) in [6.45, 7) is -0.818. The van der Waals surface area contributed by atoms with Crippen molar-refractivity contribution in [1.29, 1.82) is 0 Å². The summed E-state index contributed by atoms with van der Waals surface area (Å²) in [5.74, 6) is -2.76. The molecular weight excluding hydrogens is 375 g/mol. The Morgan fingerprint density at radius 2 is 1.81 bits per heavy atom. The number of methoxy groups -OCH3 is 1. The van der Waals surface area contributed by atoms with E-state index in [1.807, 2.05) is 0 Å². The van der Waals surface area contributed by atoms with Gasteiger partial charge in [-0.05, 0) is 23.6 Å². The van der Waals surface area contributed by atoms with Crippen molar-refractivity contribution in [2.75, 3.05) is 19.0 Å². The molecule has 1 aromatic carbocycles. The van der Waals surface area contributed by atoms with E-state index < -0.39 is 41.8 Å². The van der Waals surface area contributed by atoms with E-state index in [-0.39, 0.29) is 10.6 Å². The maximum absolute atomic E-state index is 12.9. The molecule has 0 radical (unpaired) electrons. The van der Waals surface area contributed by atoms with Gasteiger partial charge in [-0.25, -0.2) is 9.59 Å². The number of anilines is 1. The van der Waals surface area contributed by atoms with E-state index >= 15 is 0 Å². The number of halogens is 3. The number of rotatable bonds is 5. The maximum Gasteiger partial charge on any atom is 0.417 e. The van der Waals surface area contributed by atoms with Gasteiger partial charge in [0.2, 0.25) is 0 Å². The Kier molecular flexibility index (Phi) is 5.98. The maximum atomic E-state index is 12.9. The number of alkyl halides is 3. The van der Waals surface area contributed by atoms with Crippen molar-refractivity contribution < 1.29 is 37.0 Å². The van der Waals surface area contributed by atoms with Crippen LogP contribution in [0.3, 0.4) is 0 Å². The third-order valence-corrected chi connectivity index (χ3v) is 3.99. The summed E-state index contributed by atoms with van der Waals surface area (Å²) < 4.78 is 47.8. The first-order valence-corrected chi connectivity index (χ1v) is 7.91. The molecule has 10 heteroatoms. The standard InChI is InChI=1S/C16H12F3NO5S/c1-24-15(23)13-11(6-7-26-13)20-12(21)8-25-14(22)9-4-2-3-5-10(9)16(17,18)19/h2-7H,8H2,1H3,(H,20,21). The lowest BCUT2D eigenvalue weighted by atomic mass is 10.1. The molecule has 2 aromatic rings. The van der Waals surface area contributed by atoms with Crippen molar-refractivity contribution in [3.05, 3.63) is 51.7 Å². The van der Waals surface area contributed by atoms with E-state index in [0.717, 1.165) is 29.5 Å². The second-order valence-electron chi connectivity index (χ2n) is 4.82. The number of thiophene rings is 1. The fourth-order valence-electron chi connectivity index (χ4n) is 1.96. The van der Waals surface area contributed by atoms with Gasteiger partial charge in [-0.1, -0.05) is 12.1 Å². The number of nitrogens with one attached hydrogen (secondary N) is 1. The fourth-order valence-corrected chi connectivity index (χ4v) is 2.73. The second-order valence-corrected chi connectivity index (χ2v) is 5.74. The molecular formula is C16H12F3NO5S. The number of hydrogen-bond donors (Lipinski definition) is 1. The van der Waals surface area contributed by atoms with Gasteiger partial charge in [-0.15, -0.1) is 11.3 Å². The van der Waals surface area contributed by atoms with Crippen LogP contribution in [0.25, 0.3) is 0 Å². The topological polar surface area (TPSA) is 81.7 Å². The second kappa shape index (κ2) is 8.00. The Morgan fingerprint density at radius 1 is 1.12 bits per heavy atom. The molecule has 2 rings (SSSR count). The molecule has 0 unspecified atom stereocenters. The third kappa shape index (κ3) is 4.60. The third-order valence-electron chi connectivity index (χ3n) is 3.10. The minimum absolute atomic E-state index is 0.134. The monoisotopic (exact) mass is 387 g/mol. The Labute approximate surface area is 149 Å². The van der Waals surface area contributed by atoms with Gasteiger partial charge < -0.3 is 14.8 Å². The van der Waals surface area contributed by atoms with E-state index in [1.54, 1.807) is 0 Å². The molecule has 0 aliphatic carbocycles. The highest BCUT2D eigenvalue weighted by Gasteiger charge is 2.35. The van der Waals surface area contributed by atoms with Crippen molar-refractivity contribution in [1.82, 2.24) is 0 Å². The largest absolute Gasteiger partial charge is 0.465 e. The lowest BCUT2D eigenvalue weighted by Gasteiger charge is -2.12. The van der Waals surface area contributed by atoms with E-state index in [2.05, 4.69) is 14.8 Å². The van der Waals surface area contributed by atoms with Crippen LogP contribution in [0.2, 0.25) is 0 Å². The first kappa shape index (κ1) is 19.4. The molecule has 0 saturated carbocycles. The summed E-state index contributed by atoms with van der Waals surface area (Å²) in [4.78, 5) is 35.3. The van der Waals surface area contributed by atoms with Crippen LogP contribution in [-0.4, -0.2) is 31.6 Å². The molecule has 0 fully saturated rings. The summed E-state index contributed by atoms with van der Waals surface area (Å²) in [5, 5.41) is 3.86. The first-order chi connectivity index (χ1) is 12.2. The molecule has 0 atom stereocenters. The van der Waals surface area contributed by atoms with Crippen LogP contribution >= 0.6 is 11.3 Å². The number of amides is 1. The smallest absolute Gasteiger partial charge is 0.417 e. The minimum Gasteiger partial charge on any atom is -0.465 e. The average molecular weight is 387 g/mol. The molecule has 0 aliphatic heterocycles. The summed E-state index contributed by atoms with van der Waals surface area (Å²) in [6.07, 6.45) is -4.73. The van der Waals surface area contributed by atoms with Crippen molar-refractivity contribution in [3.63, 3.8) is 0 Å². The number of hydrogen-bond acceptors (Lipinski definition) is 6. The van der Waals surface area contributed by atoms with Gasteiger partial charge in [0.25, 0.3) is 5.91 Å². The van der Waals surface area contributed by atoms with E-state index in [9.17, 15) is 27.6 Å². The first-order valence-electron chi connectivity index (χ1n) is 7.03. The zero-order valence-corrected chi connectivity index (χ0v) is 14.1. The lowest BCUT2D eigenvalue weighted by molar-refractivity contribution is -0.138. The molecule has 1 N–H and O–H groups in total. The van der Waals surface area contributed by atoms with Gasteiger partial charge in [0, 0.05) is 0 Å². The quantitative estimate of drug-likeness (QED) is 0.796. The average Bonchev–Trinajstić information content (AvgIpc) is 3.06. The predicted octanol–water partition coefficient (Wildman–Crippen LogP) is 3.35. The SMILES string of the molecule is COC(=O)c1sccc1NC(=O)COC(=O)c1ccccc1C(F)(F)F. The van der Waals surface area contributed by atoms with Gasteiger partial charge >= 0.3 is 18.1 Å². The van der Waals surface area contributed by atoms with Gasteiger partial charge in [-0.3, -0.25) is 4.79 Å². The summed E-state index contributed by atoms with van der Waals surface area (Å²) in [5.41, 5.74) is -1.70. The molecule has 1 amide bonds. The summed E-state index contributed by atoms with van der Waals surface area (Å²) >= 11 is 1.03. The lowest BCUT2D eigenvalue weighted by Crippen LogP contribution is -2.23. The highest BCUT2D eigenvalue weighted by Crippen LogP contribution is 2.32. The van der Waals surface area contributed by atoms with Crippen molar-refractivity contribution in [2.45, 2.75) is 6.18 Å². The fraction of sp³-hybridized carbons (Fsp3) is 0.188. The van der Waals surface area contributed by atoms with Crippen molar-refractivity contribution in [2.24, 2.45) is 0 Å². The van der Waals surface area contributed by atoms with Crippen molar-refractivity contribution >= 4 is 34.9 Å². The van der Waals surface area contributed by atoms with Gasteiger partial charge in [0.05, 0.1) is 23.9 Å². The minimum atomic E-state index is -4.73. The number of carbonyl (C=O) groups is 3. The molecule has 138 valence electrons. The van der Waals surface area contributed by atoms with E-state index in [1.165, 1.54) is 24.6 Å². The number of esters is 2. The molecule has 1 heterocycles. The normalized spacial score (nSPS) is 10.9. The van der Waals surface area contributed by atoms with Crippen molar-refractivity contribution in [3.8, 4) is 0 Å². The predicted molar refractivity (Wildman–Crippen MR) is 86.0 cm³/mol. The Morgan fingerprint density at radius 3 is 2.46 bits per heavy atom. The van der Waals surface area contributed by atoms with Crippen LogP contribution in [0.4, 0.5) is 18.9 Å². The Balaban J connectivity index is 2.02. The molecule has 0 saturated heterocycles. The zero-order valence-electron chi connectivity index (χ0n) is 13.3. The number of carbonyl (C=O) groups excluding carboxylic acids is 3. The highest BCUT2D eigenvalue weighted by atomic mass is 32.1.